The number of hydrazone groups is 1. The minimum absolute atomic E-state index is 0.0240. The normalized spacial score (nSPS) is 11.4. The first-order valence-corrected chi connectivity index (χ1v) is 8.95. The van der Waals surface area contributed by atoms with E-state index in [1.54, 1.807) is 0 Å². The maximum Gasteiger partial charge on any atom is 0.269 e. The summed E-state index contributed by atoms with van der Waals surface area (Å²) < 4.78 is 26.1. The van der Waals surface area contributed by atoms with Crippen LogP contribution in [0.5, 0.6) is 0 Å². The maximum absolute atomic E-state index is 12.0. The number of nitrogens with zero attached hydrogens (tertiary/aromatic N) is 2. The molecule has 26 heavy (non-hydrogen) atoms. The van der Waals surface area contributed by atoms with Crippen molar-refractivity contribution >= 4 is 39.4 Å². The first-order chi connectivity index (χ1) is 12.3. The molecule has 0 spiro atoms. The van der Waals surface area contributed by atoms with E-state index in [4.69, 9.17) is 11.6 Å². The fourth-order valence-electron chi connectivity index (χ4n) is 1.76. The number of nitro groups is 1. The molecule has 2 aromatic carbocycles. The fourth-order valence-corrected chi connectivity index (χ4v) is 2.87. The fraction of sp³-hybridized carbons (Fsp3) is 0.0667. The van der Waals surface area contributed by atoms with Crippen LogP contribution in [0.1, 0.15) is 5.56 Å². The van der Waals surface area contributed by atoms with Gasteiger partial charge in [0.1, 0.15) is 0 Å². The van der Waals surface area contributed by atoms with Crippen molar-refractivity contribution in [2.24, 2.45) is 5.10 Å². The lowest BCUT2D eigenvalue weighted by Gasteiger charge is -2.05. The van der Waals surface area contributed by atoms with E-state index in [9.17, 15) is 23.3 Å². The molecule has 0 radical (unpaired) electrons. The zero-order valence-corrected chi connectivity index (χ0v) is 14.7. The second-order valence-corrected chi connectivity index (χ2v) is 7.12. The quantitative estimate of drug-likeness (QED) is 0.417. The van der Waals surface area contributed by atoms with Crippen LogP contribution in [0, 0.1) is 10.1 Å². The number of carbonyl (C=O) groups is 1. The van der Waals surface area contributed by atoms with Crippen molar-refractivity contribution in [1.29, 1.82) is 0 Å². The van der Waals surface area contributed by atoms with Crippen molar-refractivity contribution in [1.82, 2.24) is 10.1 Å². The highest BCUT2D eigenvalue weighted by Gasteiger charge is 2.15. The van der Waals surface area contributed by atoms with E-state index >= 15 is 0 Å². The topological polar surface area (TPSA) is 131 Å². The molecule has 0 aliphatic carbocycles. The van der Waals surface area contributed by atoms with Crippen molar-refractivity contribution in [3.8, 4) is 0 Å². The molecule has 2 aromatic rings. The van der Waals surface area contributed by atoms with Gasteiger partial charge in [0.2, 0.25) is 10.0 Å². The number of amides is 1. The van der Waals surface area contributed by atoms with Gasteiger partial charge in [0, 0.05) is 17.2 Å². The van der Waals surface area contributed by atoms with Crippen LogP contribution in [0.3, 0.4) is 0 Å². The molecule has 0 aliphatic rings. The van der Waals surface area contributed by atoms with Crippen LogP contribution in [0.25, 0.3) is 0 Å². The summed E-state index contributed by atoms with van der Waals surface area (Å²) >= 11 is 5.69. The third-order valence-electron chi connectivity index (χ3n) is 3.05. The van der Waals surface area contributed by atoms with Crippen LogP contribution in [-0.2, 0) is 14.8 Å². The SMILES string of the molecule is O=C(CNS(=O)(=O)c1ccc(Cl)cc1)N/N=C\c1ccc([N+](=O)[O-])cc1. The summed E-state index contributed by atoms with van der Waals surface area (Å²) in [6.45, 7) is -0.511. The van der Waals surface area contributed by atoms with Gasteiger partial charge < -0.3 is 0 Å². The highest BCUT2D eigenvalue weighted by atomic mass is 35.5. The average molecular weight is 397 g/mol. The molecule has 0 saturated heterocycles. The monoisotopic (exact) mass is 396 g/mol. The van der Waals surface area contributed by atoms with E-state index in [2.05, 4.69) is 15.2 Å². The largest absolute Gasteiger partial charge is 0.272 e. The average Bonchev–Trinajstić information content (AvgIpc) is 2.61. The summed E-state index contributed by atoms with van der Waals surface area (Å²) in [7, 11) is -3.85. The summed E-state index contributed by atoms with van der Waals surface area (Å²) in [4.78, 5) is 21.6. The summed E-state index contributed by atoms with van der Waals surface area (Å²) in [5.74, 6) is -0.680. The molecule has 136 valence electrons. The van der Waals surface area contributed by atoms with E-state index in [0.717, 1.165) is 0 Å². The van der Waals surface area contributed by atoms with Crippen molar-refractivity contribution < 1.29 is 18.1 Å². The number of nitro benzene ring substituents is 1. The van der Waals surface area contributed by atoms with Crippen LogP contribution in [-0.4, -0.2) is 32.0 Å². The number of carbonyl (C=O) groups excluding carboxylic acids is 1. The predicted octanol–water partition coefficient (Wildman–Crippen LogP) is 1.68. The first kappa shape index (κ1) is 19.5. The van der Waals surface area contributed by atoms with Crippen LogP contribution in [0.15, 0.2) is 58.5 Å². The van der Waals surface area contributed by atoms with Gasteiger partial charge in [-0.15, -0.1) is 0 Å². The van der Waals surface area contributed by atoms with Crippen LogP contribution in [0.2, 0.25) is 5.02 Å². The van der Waals surface area contributed by atoms with Crippen LogP contribution >= 0.6 is 11.6 Å². The van der Waals surface area contributed by atoms with Crippen molar-refractivity contribution in [2.75, 3.05) is 6.54 Å². The second-order valence-electron chi connectivity index (χ2n) is 4.92. The molecule has 0 fully saturated rings. The summed E-state index contributed by atoms with van der Waals surface area (Å²) in [6.07, 6.45) is 1.27. The van der Waals surface area contributed by atoms with Gasteiger partial charge in [-0.3, -0.25) is 14.9 Å². The molecular weight excluding hydrogens is 384 g/mol. The van der Waals surface area contributed by atoms with E-state index in [0.29, 0.717) is 10.6 Å². The summed E-state index contributed by atoms with van der Waals surface area (Å²) in [5, 5.41) is 14.6. The highest BCUT2D eigenvalue weighted by molar-refractivity contribution is 7.89. The zero-order valence-electron chi connectivity index (χ0n) is 13.1. The van der Waals surface area contributed by atoms with Crippen molar-refractivity contribution in [3.63, 3.8) is 0 Å². The van der Waals surface area contributed by atoms with Gasteiger partial charge in [-0.2, -0.15) is 5.10 Å². The minimum Gasteiger partial charge on any atom is -0.272 e. The Morgan fingerprint density at radius 3 is 2.35 bits per heavy atom. The maximum atomic E-state index is 12.0. The molecule has 0 heterocycles. The minimum atomic E-state index is -3.85. The first-order valence-electron chi connectivity index (χ1n) is 7.09. The van der Waals surface area contributed by atoms with E-state index in [1.165, 1.54) is 54.7 Å². The number of benzene rings is 2. The van der Waals surface area contributed by atoms with E-state index < -0.39 is 27.4 Å². The van der Waals surface area contributed by atoms with E-state index in [-0.39, 0.29) is 10.6 Å². The molecular formula is C15H13ClN4O5S. The molecule has 2 N–H and O–H groups in total. The van der Waals surface area contributed by atoms with Gasteiger partial charge in [0.15, 0.2) is 0 Å². The molecule has 1 amide bonds. The molecule has 0 aliphatic heterocycles. The Morgan fingerprint density at radius 2 is 1.77 bits per heavy atom. The number of non-ortho nitro benzene ring substituents is 1. The van der Waals surface area contributed by atoms with E-state index in [1.807, 2.05) is 0 Å². The van der Waals surface area contributed by atoms with Gasteiger partial charge in [-0.25, -0.2) is 18.6 Å². The third-order valence-corrected chi connectivity index (χ3v) is 4.72. The molecule has 0 unspecified atom stereocenters. The lowest BCUT2D eigenvalue weighted by atomic mass is 10.2. The number of rotatable bonds is 7. The van der Waals surface area contributed by atoms with Crippen molar-refractivity contribution in [2.45, 2.75) is 4.90 Å². The number of hydrogen-bond acceptors (Lipinski definition) is 6. The number of halogens is 1. The third kappa shape index (κ3) is 5.62. The number of hydrogen-bond donors (Lipinski definition) is 2. The second kappa shape index (κ2) is 8.52. The van der Waals surface area contributed by atoms with Crippen LogP contribution < -0.4 is 10.1 Å². The molecule has 0 bridgehead atoms. The standard InChI is InChI=1S/C15H13ClN4O5S/c16-12-3-7-14(8-4-12)26(24,25)18-10-15(21)19-17-9-11-1-5-13(6-2-11)20(22)23/h1-9,18H,10H2,(H,19,21)/b17-9-. The van der Waals surface area contributed by atoms with Gasteiger partial charge >= 0.3 is 0 Å². The molecule has 0 saturated carbocycles. The highest BCUT2D eigenvalue weighted by Crippen LogP contribution is 2.13. The number of sulfonamides is 1. The van der Waals surface area contributed by atoms with Gasteiger partial charge in [0.05, 0.1) is 22.6 Å². The Balaban J connectivity index is 1.86. The summed E-state index contributed by atoms with van der Waals surface area (Å²) in [6, 6.07) is 11.0. The summed E-state index contributed by atoms with van der Waals surface area (Å²) in [5.41, 5.74) is 2.61. The predicted molar refractivity (Wildman–Crippen MR) is 95.5 cm³/mol. The Labute approximate surface area is 153 Å². The zero-order chi connectivity index (χ0) is 19.2. The molecule has 9 nitrogen and oxygen atoms in total. The Hall–Kier alpha value is -2.82. The Bertz CT molecular complexity index is 928. The van der Waals surface area contributed by atoms with Crippen LogP contribution in [0.4, 0.5) is 5.69 Å². The smallest absolute Gasteiger partial charge is 0.269 e. The van der Waals surface area contributed by atoms with Gasteiger partial charge in [0.25, 0.3) is 11.6 Å². The Morgan fingerprint density at radius 1 is 1.15 bits per heavy atom. The molecule has 11 heteroatoms. The lowest BCUT2D eigenvalue weighted by Crippen LogP contribution is -2.34. The molecule has 0 atom stereocenters. The molecule has 0 aromatic heterocycles. The molecule has 2 rings (SSSR count). The van der Waals surface area contributed by atoms with Gasteiger partial charge in [-0.05, 0) is 42.0 Å². The number of nitrogens with one attached hydrogen (secondary N) is 2. The van der Waals surface area contributed by atoms with Gasteiger partial charge in [-0.1, -0.05) is 11.6 Å². The lowest BCUT2D eigenvalue weighted by molar-refractivity contribution is -0.384. The Kier molecular flexibility index (Phi) is 6.39. The van der Waals surface area contributed by atoms with Crippen molar-refractivity contribution in [3.05, 3.63) is 69.2 Å².